The number of nitrogens with zero attached hydrogens (tertiary/aromatic N) is 3. The molecule has 2 aromatic heterocycles. The second-order valence-electron chi connectivity index (χ2n) is 4.35. The SMILES string of the molecule is Cc1ccn2cc(-c3ccc(N=C=O)cc3)nc2c1. The van der Waals surface area contributed by atoms with E-state index >= 15 is 0 Å². The summed E-state index contributed by atoms with van der Waals surface area (Å²) in [7, 11) is 0. The highest BCUT2D eigenvalue weighted by Crippen LogP contribution is 2.22. The second kappa shape index (κ2) is 4.52. The van der Waals surface area contributed by atoms with Crippen LogP contribution in [0.5, 0.6) is 0 Å². The van der Waals surface area contributed by atoms with Gasteiger partial charge in [-0.3, -0.25) is 0 Å². The Morgan fingerprint density at radius 2 is 2.00 bits per heavy atom. The van der Waals surface area contributed by atoms with Gasteiger partial charge in [0.2, 0.25) is 6.08 Å². The van der Waals surface area contributed by atoms with Gasteiger partial charge in [0.15, 0.2) is 0 Å². The summed E-state index contributed by atoms with van der Waals surface area (Å²) >= 11 is 0. The lowest BCUT2D eigenvalue weighted by Crippen LogP contribution is -1.81. The molecule has 92 valence electrons. The Morgan fingerprint density at radius 1 is 1.21 bits per heavy atom. The van der Waals surface area contributed by atoms with Crippen LogP contribution >= 0.6 is 0 Å². The van der Waals surface area contributed by atoms with E-state index in [0.29, 0.717) is 5.69 Å². The highest BCUT2D eigenvalue weighted by molar-refractivity contribution is 5.65. The number of aliphatic imine (C=N–C) groups is 1. The molecule has 3 aromatic rings. The van der Waals surface area contributed by atoms with Crippen molar-refractivity contribution in [2.24, 2.45) is 4.99 Å². The van der Waals surface area contributed by atoms with E-state index in [9.17, 15) is 4.79 Å². The Bertz CT molecular complexity index is 781. The number of rotatable bonds is 2. The normalized spacial score (nSPS) is 10.4. The minimum Gasteiger partial charge on any atom is -0.306 e. The zero-order valence-corrected chi connectivity index (χ0v) is 10.4. The molecule has 19 heavy (non-hydrogen) atoms. The van der Waals surface area contributed by atoms with Crippen LogP contribution in [0.25, 0.3) is 16.9 Å². The Balaban J connectivity index is 2.05. The van der Waals surface area contributed by atoms with Gasteiger partial charge in [-0.15, -0.1) is 0 Å². The van der Waals surface area contributed by atoms with E-state index in [2.05, 4.69) is 9.98 Å². The number of isocyanates is 1. The summed E-state index contributed by atoms with van der Waals surface area (Å²) in [5, 5.41) is 0. The summed E-state index contributed by atoms with van der Waals surface area (Å²) in [5.41, 5.74) is 4.59. The molecular formula is C15H11N3O. The van der Waals surface area contributed by atoms with E-state index in [4.69, 9.17) is 0 Å². The molecule has 4 heteroatoms. The summed E-state index contributed by atoms with van der Waals surface area (Å²) in [5.74, 6) is 0. The lowest BCUT2D eigenvalue weighted by atomic mass is 10.1. The Hall–Kier alpha value is -2.71. The molecule has 0 fully saturated rings. The molecule has 0 saturated carbocycles. The van der Waals surface area contributed by atoms with Gasteiger partial charge in [0.05, 0.1) is 11.4 Å². The summed E-state index contributed by atoms with van der Waals surface area (Å²) in [4.78, 5) is 18.3. The predicted octanol–water partition coefficient (Wildman–Crippen LogP) is 3.28. The summed E-state index contributed by atoms with van der Waals surface area (Å²) in [6.45, 7) is 2.04. The van der Waals surface area contributed by atoms with Gasteiger partial charge in [-0.05, 0) is 36.8 Å². The lowest BCUT2D eigenvalue weighted by Gasteiger charge is -1.95. The minimum absolute atomic E-state index is 0.596. The molecule has 0 radical (unpaired) electrons. The molecule has 1 aromatic carbocycles. The number of fused-ring (bicyclic) bond motifs is 1. The van der Waals surface area contributed by atoms with E-state index in [1.165, 1.54) is 11.6 Å². The van der Waals surface area contributed by atoms with Gasteiger partial charge in [-0.25, -0.2) is 9.78 Å². The highest BCUT2D eigenvalue weighted by Gasteiger charge is 2.04. The van der Waals surface area contributed by atoms with Gasteiger partial charge in [0.1, 0.15) is 5.65 Å². The summed E-state index contributed by atoms with van der Waals surface area (Å²) < 4.78 is 1.99. The quantitative estimate of drug-likeness (QED) is 0.517. The molecule has 3 rings (SSSR count). The van der Waals surface area contributed by atoms with Gasteiger partial charge in [0.25, 0.3) is 0 Å². The van der Waals surface area contributed by atoms with Crippen molar-refractivity contribution in [3.63, 3.8) is 0 Å². The van der Waals surface area contributed by atoms with Crippen LogP contribution < -0.4 is 0 Å². The van der Waals surface area contributed by atoms with Crippen LogP contribution in [0.3, 0.4) is 0 Å². The van der Waals surface area contributed by atoms with Gasteiger partial charge in [-0.2, -0.15) is 4.99 Å². The van der Waals surface area contributed by atoms with E-state index in [-0.39, 0.29) is 0 Å². The van der Waals surface area contributed by atoms with Gasteiger partial charge < -0.3 is 4.40 Å². The molecular weight excluding hydrogens is 238 g/mol. The molecule has 2 heterocycles. The molecule has 0 aliphatic rings. The molecule has 0 aliphatic heterocycles. The van der Waals surface area contributed by atoms with E-state index in [0.717, 1.165) is 16.9 Å². The van der Waals surface area contributed by atoms with Crippen molar-refractivity contribution in [1.29, 1.82) is 0 Å². The Morgan fingerprint density at radius 3 is 2.74 bits per heavy atom. The predicted molar refractivity (Wildman–Crippen MR) is 73.1 cm³/mol. The van der Waals surface area contributed by atoms with Crippen molar-refractivity contribution >= 4 is 17.4 Å². The van der Waals surface area contributed by atoms with Crippen LogP contribution in [0.1, 0.15) is 5.56 Å². The minimum atomic E-state index is 0.596. The standard InChI is InChI=1S/C15H11N3O/c1-11-6-7-18-9-14(17-15(18)8-11)12-2-4-13(5-3-12)16-10-19/h2-9H,1H3. The first-order chi connectivity index (χ1) is 9.26. The molecule has 0 aliphatic carbocycles. The Labute approximate surface area is 110 Å². The third-order valence-electron chi connectivity index (χ3n) is 2.95. The lowest BCUT2D eigenvalue weighted by molar-refractivity contribution is 0.565. The third kappa shape index (κ3) is 2.17. The fourth-order valence-corrected chi connectivity index (χ4v) is 1.98. The van der Waals surface area contributed by atoms with Gasteiger partial charge in [-0.1, -0.05) is 12.1 Å². The van der Waals surface area contributed by atoms with Crippen molar-refractivity contribution in [3.05, 3.63) is 54.4 Å². The van der Waals surface area contributed by atoms with Crippen LogP contribution in [-0.4, -0.2) is 15.5 Å². The summed E-state index contributed by atoms with van der Waals surface area (Å²) in [6, 6.07) is 11.4. The van der Waals surface area contributed by atoms with E-state index < -0.39 is 0 Å². The van der Waals surface area contributed by atoms with Crippen molar-refractivity contribution in [2.45, 2.75) is 6.92 Å². The van der Waals surface area contributed by atoms with Crippen LogP contribution in [0.2, 0.25) is 0 Å². The molecule has 0 spiro atoms. The zero-order valence-electron chi connectivity index (χ0n) is 10.4. The van der Waals surface area contributed by atoms with Crippen molar-refractivity contribution < 1.29 is 4.79 Å². The smallest absolute Gasteiger partial charge is 0.240 e. The third-order valence-corrected chi connectivity index (χ3v) is 2.95. The zero-order chi connectivity index (χ0) is 13.2. The van der Waals surface area contributed by atoms with Crippen LogP contribution in [-0.2, 0) is 4.79 Å². The molecule has 0 unspecified atom stereocenters. The van der Waals surface area contributed by atoms with Crippen molar-refractivity contribution in [3.8, 4) is 11.3 Å². The molecule has 0 atom stereocenters. The summed E-state index contributed by atoms with van der Waals surface area (Å²) in [6.07, 6.45) is 5.50. The van der Waals surface area contributed by atoms with E-state index in [1.807, 2.05) is 48.0 Å². The molecule has 4 nitrogen and oxygen atoms in total. The second-order valence-corrected chi connectivity index (χ2v) is 4.35. The average molecular weight is 249 g/mol. The molecule has 0 N–H and O–H groups in total. The molecule has 0 saturated heterocycles. The Kier molecular flexibility index (Phi) is 2.71. The largest absolute Gasteiger partial charge is 0.306 e. The first kappa shape index (κ1) is 11.4. The van der Waals surface area contributed by atoms with Crippen LogP contribution in [0, 0.1) is 6.92 Å². The number of carbonyl (C=O) groups excluding carboxylic acids is 1. The van der Waals surface area contributed by atoms with Gasteiger partial charge in [0, 0.05) is 18.0 Å². The molecule has 0 bridgehead atoms. The number of aryl methyl sites for hydroxylation is 1. The first-order valence-corrected chi connectivity index (χ1v) is 5.90. The van der Waals surface area contributed by atoms with Gasteiger partial charge >= 0.3 is 0 Å². The number of hydrogen-bond donors (Lipinski definition) is 0. The maximum atomic E-state index is 10.2. The number of aromatic nitrogens is 2. The van der Waals surface area contributed by atoms with Crippen molar-refractivity contribution in [1.82, 2.24) is 9.38 Å². The number of hydrogen-bond acceptors (Lipinski definition) is 3. The van der Waals surface area contributed by atoms with Crippen LogP contribution in [0.15, 0.2) is 53.8 Å². The highest BCUT2D eigenvalue weighted by atomic mass is 16.1. The maximum Gasteiger partial charge on any atom is 0.240 e. The van der Waals surface area contributed by atoms with E-state index in [1.54, 1.807) is 12.1 Å². The first-order valence-electron chi connectivity index (χ1n) is 5.90. The molecule has 0 amide bonds. The monoisotopic (exact) mass is 249 g/mol. The maximum absolute atomic E-state index is 10.2. The number of benzene rings is 1. The fourth-order valence-electron chi connectivity index (χ4n) is 1.98. The topological polar surface area (TPSA) is 46.7 Å². The number of pyridine rings is 1. The average Bonchev–Trinajstić information content (AvgIpc) is 2.83. The van der Waals surface area contributed by atoms with Crippen molar-refractivity contribution in [2.75, 3.05) is 0 Å². The fraction of sp³-hybridized carbons (Fsp3) is 0.0667. The number of imidazole rings is 1. The van der Waals surface area contributed by atoms with Crippen LogP contribution in [0.4, 0.5) is 5.69 Å².